The molecule has 3 fully saturated rings. The molecule has 3 heterocycles. The Morgan fingerprint density at radius 1 is 0.714 bits per heavy atom. The first-order valence-corrected chi connectivity index (χ1v) is 5.06. The Kier molecular flexibility index (Phi) is 1.31. The van der Waals surface area contributed by atoms with Crippen molar-refractivity contribution in [1.29, 1.82) is 0 Å². The molecule has 0 aromatic heterocycles. The molecule has 2 bridgehead atoms. The molecule has 3 saturated heterocycles. The summed E-state index contributed by atoms with van der Waals surface area (Å²) in [5.74, 6) is -1.31. The predicted octanol–water partition coefficient (Wildman–Crippen LogP) is 1.74. The zero-order valence-electron chi connectivity index (χ0n) is 9.05. The van der Waals surface area contributed by atoms with Crippen molar-refractivity contribution < 1.29 is 19.2 Å². The van der Waals surface area contributed by atoms with Crippen LogP contribution in [-0.2, 0) is 19.2 Å². The molecule has 0 aromatic carbocycles. The van der Waals surface area contributed by atoms with E-state index in [0.717, 1.165) is 0 Å². The van der Waals surface area contributed by atoms with Gasteiger partial charge in [-0.15, -0.1) is 0 Å². The highest BCUT2D eigenvalue weighted by atomic mass is 17.3. The molecule has 0 radical (unpaired) electrons. The van der Waals surface area contributed by atoms with Gasteiger partial charge in [-0.25, -0.2) is 0 Å². The SMILES string of the molecule is CC12C[C@@]3(C)OO[C@@](C)(CC1(C)O2)O3. The summed E-state index contributed by atoms with van der Waals surface area (Å²) in [6.45, 7) is 8.01. The Balaban J connectivity index is 1.99. The van der Waals surface area contributed by atoms with Gasteiger partial charge < -0.3 is 9.47 Å². The van der Waals surface area contributed by atoms with Crippen LogP contribution in [0, 0.1) is 0 Å². The van der Waals surface area contributed by atoms with Crippen molar-refractivity contribution in [3.63, 3.8) is 0 Å². The highest BCUT2D eigenvalue weighted by Crippen LogP contribution is 2.61. The number of hydrogen-bond acceptors (Lipinski definition) is 4. The van der Waals surface area contributed by atoms with Gasteiger partial charge in [0.1, 0.15) is 11.2 Å². The molecule has 14 heavy (non-hydrogen) atoms. The van der Waals surface area contributed by atoms with Crippen molar-refractivity contribution in [3.8, 4) is 0 Å². The lowest BCUT2D eigenvalue weighted by atomic mass is 9.87. The van der Waals surface area contributed by atoms with E-state index in [0.29, 0.717) is 12.8 Å². The summed E-state index contributed by atoms with van der Waals surface area (Å²) in [5.41, 5.74) is -0.243. The van der Waals surface area contributed by atoms with Gasteiger partial charge in [-0.05, 0) is 27.7 Å². The average Bonchev–Trinajstić information content (AvgIpc) is 2.28. The van der Waals surface area contributed by atoms with E-state index in [4.69, 9.17) is 19.2 Å². The Hall–Kier alpha value is -0.160. The molecule has 2 unspecified atom stereocenters. The van der Waals surface area contributed by atoms with E-state index >= 15 is 0 Å². The fourth-order valence-corrected chi connectivity index (χ4v) is 2.94. The maximum Gasteiger partial charge on any atom is 0.204 e. The first kappa shape index (κ1) is 9.09. The van der Waals surface area contributed by atoms with Crippen LogP contribution < -0.4 is 0 Å². The zero-order valence-corrected chi connectivity index (χ0v) is 9.05. The summed E-state index contributed by atoms with van der Waals surface area (Å²) in [4.78, 5) is 10.5. The van der Waals surface area contributed by atoms with Crippen molar-refractivity contribution in [3.05, 3.63) is 0 Å². The van der Waals surface area contributed by atoms with Gasteiger partial charge in [0.25, 0.3) is 0 Å². The first-order chi connectivity index (χ1) is 6.29. The monoisotopic (exact) mass is 200 g/mol. The predicted molar refractivity (Wildman–Crippen MR) is 47.2 cm³/mol. The molecule has 0 saturated carbocycles. The molecule has 80 valence electrons. The summed E-state index contributed by atoms with van der Waals surface area (Å²) >= 11 is 0. The van der Waals surface area contributed by atoms with Gasteiger partial charge in [0.05, 0.1) is 0 Å². The summed E-state index contributed by atoms with van der Waals surface area (Å²) in [6.07, 6.45) is 1.43. The molecule has 4 atom stereocenters. The van der Waals surface area contributed by atoms with Crippen LogP contribution >= 0.6 is 0 Å². The third-order valence-electron chi connectivity index (χ3n) is 3.67. The van der Waals surface area contributed by atoms with E-state index in [1.54, 1.807) is 0 Å². The van der Waals surface area contributed by atoms with E-state index in [2.05, 4.69) is 13.8 Å². The van der Waals surface area contributed by atoms with Crippen LogP contribution in [0.4, 0.5) is 0 Å². The molecule has 0 aliphatic carbocycles. The number of epoxide rings is 1. The Bertz CT molecular complexity index is 278. The second-order valence-corrected chi connectivity index (χ2v) is 5.45. The summed E-state index contributed by atoms with van der Waals surface area (Å²) in [6, 6.07) is 0. The van der Waals surface area contributed by atoms with Gasteiger partial charge in [-0.1, -0.05) is 0 Å². The number of ether oxygens (including phenoxy) is 2. The highest BCUT2D eigenvalue weighted by molar-refractivity contribution is 5.16. The summed E-state index contributed by atoms with van der Waals surface area (Å²) in [7, 11) is 0. The van der Waals surface area contributed by atoms with Gasteiger partial charge >= 0.3 is 0 Å². The van der Waals surface area contributed by atoms with Gasteiger partial charge in [-0.3, -0.25) is 0 Å². The van der Waals surface area contributed by atoms with Crippen LogP contribution in [0.1, 0.15) is 40.5 Å². The largest absolute Gasteiger partial charge is 0.363 e. The van der Waals surface area contributed by atoms with Crippen LogP contribution in [0.5, 0.6) is 0 Å². The molecule has 3 rings (SSSR count). The minimum atomic E-state index is -0.655. The summed E-state index contributed by atoms with van der Waals surface area (Å²) in [5, 5.41) is 0. The smallest absolute Gasteiger partial charge is 0.204 e. The maximum absolute atomic E-state index is 5.80. The van der Waals surface area contributed by atoms with Crippen LogP contribution in [0.2, 0.25) is 0 Å². The lowest BCUT2D eigenvalue weighted by molar-refractivity contribution is -0.350. The number of rotatable bonds is 0. The van der Waals surface area contributed by atoms with Crippen LogP contribution in [0.25, 0.3) is 0 Å². The van der Waals surface area contributed by atoms with Gasteiger partial charge in [0, 0.05) is 12.8 Å². The van der Waals surface area contributed by atoms with Crippen molar-refractivity contribution in [2.45, 2.75) is 63.3 Å². The molecular weight excluding hydrogens is 184 g/mol. The lowest BCUT2D eigenvalue weighted by Crippen LogP contribution is -2.33. The summed E-state index contributed by atoms with van der Waals surface area (Å²) < 4.78 is 11.6. The zero-order chi connectivity index (χ0) is 10.2. The van der Waals surface area contributed by atoms with Gasteiger partial charge in [0.15, 0.2) is 0 Å². The van der Waals surface area contributed by atoms with E-state index in [9.17, 15) is 0 Å². The highest BCUT2D eigenvalue weighted by Gasteiger charge is 2.73. The standard InChI is InChI=1S/C10H16O4/c1-7-5-9(3)12-10(4,14-13-9)6-8(7,2)11-7/h5-6H2,1-4H3/t7?,8?,9-,10+. The molecule has 3 aliphatic heterocycles. The molecule has 0 amide bonds. The number of hydrogen-bond donors (Lipinski definition) is 0. The second kappa shape index (κ2) is 2.02. The molecule has 0 aromatic rings. The fourth-order valence-electron chi connectivity index (χ4n) is 2.94. The van der Waals surface area contributed by atoms with Crippen molar-refractivity contribution in [2.24, 2.45) is 0 Å². The van der Waals surface area contributed by atoms with Crippen molar-refractivity contribution in [1.82, 2.24) is 0 Å². The third kappa shape index (κ3) is 0.972. The van der Waals surface area contributed by atoms with Crippen LogP contribution in [-0.4, -0.2) is 22.8 Å². The molecular formula is C10H16O4. The number of fused-ring (bicyclic) bond motifs is 3. The quantitative estimate of drug-likeness (QED) is 0.441. The first-order valence-electron chi connectivity index (χ1n) is 5.06. The molecule has 4 heteroatoms. The normalized spacial score (nSPS) is 66.0. The van der Waals surface area contributed by atoms with E-state index < -0.39 is 11.6 Å². The van der Waals surface area contributed by atoms with Crippen LogP contribution in [0.15, 0.2) is 0 Å². The third-order valence-corrected chi connectivity index (χ3v) is 3.67. The fraction of sp³-hybridized carbons (Fsp3) is 1.00. The molecule has 3 aliphatic rings. The van der Waals surface area contributed by atoms with E-state index in [1.165, 1.54) is 0 Å². The molecule has 4 nitrogen and oxygen atoms in total. The van der Waals surface area contributed by atoms with Gasteiger partial charge in [0.2, 0.25) is 11.6 Å². The molecule has 0 N–H and O–H groups in total. The minimum absolute atomic E-state index is 0.122. The van der Waals surface area contributed by atoms with Crippen molar-refractivity contribution in [2.75, 3.05) is 0 Å². The topological polar surface area (TPSA) is 40.2 Å². The van der Waals surface area contributed by atoms with E-state index in [1.807, 2.05) is 13.8 Å². The Labute approximate surface area is 83.4 Å². The molecule has 0 spiro atoms. The van der Waals surface area contributed by atoms with Gasteiger partial charge in [-0.2, -0.15) is 9.78 Å². The Morgan fingerprint density at radius 2 is 1.14 bits per heavy atom. The van der Waals surface area contributed by atoms with Crippen LogP contribution in [0.3, 0.4) is 0 Å². The Morgan fingerprint density at radius 3 is 1.57 bits per heavy atom. The minimum Gasteiger partial charge on any atom is -0.363 e. The lowest BCUT2D eigenvalue weighted by Gasteiger charge is -2.22. The average molecular weight is 200 g/mol. The van der Waals surface area contributed by atoms with E-state index in [-0.39, 0.29) is 11.2 Å². The second-order valence-electron chi connectivity index (χ2n) is 5.45. The maximum atomic E-state index is 5.80. The van der Waals surface area contributed by atoms with Crippen molar-refractivity contribution >= 4 is 0 Å².